The standard InChI is InChI=1S/C14H11BrFN7OS/c1-25(24)14-21-12-8(15)5-18-23(12)13(22-14)17-6-11-19-9-3-2-7(16)4-10(9)20-11/h2-5H,6H2,1H3,(H,19,20)(H,17,21,22). The van der Waals surface area contributed by atoms with E-state index in [2.05, 4.69) is 46.3 Å². The number of halogens is 2. The molecular weight excluding hydrogens is 413 g/mol. The van der Waals surface area contributed by atoms with Gasteiger partial charge in [-0.2, -0.15) is 19.6 Å². The second-order valence-corrected chi connectivity index (χ2v) is 7.34. The van der Waals surface area contributed by atoms with Crippen LogP contribution in [0.3, 0.4) is 0 Å². The Bertz CT molecular complexity index is 1130. The topological polar surface area (TPSA) is 101 Å². The third kappa shape index (κ3) is 3.00. The first-order chi connectivity index (χ1) is 12.0. The lowest BCUT2D eigenvalue weighted by atomic mass is 10.3. The molecular formula is C14H11BrFN7OS. The molecule has 0 aliphatic carbocycles. The molecule has 3 heterocycles. The van der Waals surface area contributed by atoms with Gasteiger partial charge in [0.1, 0.15) is 11.6 Å². The fraction of sp³-hybridized carbons (Fsp3) is 0.143. The molecule has 25 heavy (non-hydrogen) atoms. The number of hydrogen-bond acceptors (Lipinski definition) is 6. The Hall–Kier alpha value is -2.40. The van der Waals surface area contributed by atoms with Crippen LogP contribution in [-0.4, -0.2) is 40.0 Å². The second kappa shape index (κ2) is 6.15. The highest BCUT2D eigenvalue weighted by Crippen LogP contribution is 2.20. The summed E-state index contributed by atoms with van der Waals surface area (Å²) in [5, 5.41) is 7.48. The second-order valence-electron chi connectivity index (χ2n) is 5.21. The zero-order valence-electron chi connectivity index (χ0n) is 12.8. The van der Waals surface area contributed by atoms with E-state index in [-0.39, 0.29) is 11.0 Å². The SMILES string of the molecule is CS(=O)c1nc(NCc2nc3ccc(F)cc3[nH]2)n2ncc(Br)c2n1. The summed E-state index contributed by atoms with van der Waals surface area (Å²) in [6.45, 7) is 0.301. The van der Waals surface area contributed by atoms with Gasteiger partial charge in [0.05, 0.1) is 39.0 Å². The molecule has 0 saturated heterocycles. The van der Waals surface area contributed by atoms with E-state index in [9.17, 15) is 8.60 Å². The van der Waals surface area contributed by atoms with Crippen LogP contribution in [0.15, 0.2) is 34.0 Å². The van der Waals surface area contributed by atoms with E-state index in [0.29, 0.717) is 39.5 Å². The summed E-state index contributed by atoms with van der Waals surface area (Å²) in [6, 6.07) is 4.35. The van der Waals surface area contributed by atoms with Crippen LogP contribution < -0.4 is 5.32 Å². The number of nitrogens with one attached hydrogen (secondary N) is 2. The van der Waals surface area contributed by atoms with Crippen molar-refractivity contribution in [3.63, 3.8) is 0 Å². The molecule has 1 unspecified atom stereocenters. The van der Waals surface area contributed by atoms with Crippen molar-refractivity contribution in [1.29, 1.82) is 0 Å². The van der Waals surface area contributed by atoms with Crippen molar-refractivity contribution in [2.75, 3.05) is 11.6 Å². The largest absolute Gasteiger partial charge is 0.347 e. The number of imidazole rings is 1. The van der Waals surface area contributed by atoms with Gasteiger partial charge in [0.2, 0.25) is 11.1 Å². The number of hydrogen-bond donors (Lipinski definition) is 2. The minimum Gasteiger partial charge on any atom is -0.347 e. The molecule has 3 aromatic heterocycles. The number of fused-ring (bicyclic) bond motifs is 2. The average Bonchev–Trinajstić information content (AvgIpc) is 3.15. The summed E-state index contributed by atoms with van der Waals surface area (Å²) in [7, 11) is -1.34. The third-order valence-electron chi connectivity index (χ3n) is 3.47. The van der Waals surface area contributed by atoms with E-state index in [1.54, 1.807) is 12.3 Å². The van der Waals surface area contributed by atoms with Gasteiger partial charge in [-0.25, -0.2) is 9.37 Å². The monoisotopic (exact) mass is 423 g/mol. The molecule has 128 valence electrons. The summed E-state index contributed by atoms with van der Waals surface area (Å²) in [5.74, 6) is 0.662. The average molecular weight is 424 g/mol. The number of aromatic amines is 1. The van der Waals surface area contributed by atoms with Gasteiger partial charge in [0, 0.05) is 6.26 Å². The van der Waals surface area contributed by atoms with Gasteiger partial charge < -0.3 is 10.3 Å². The Labute approximate surface area is 151 Å². The summed E-state index contributed by atoms with van der Waals surface area (Å²) in [5.41, 5.74) is 1.79. The molecule has 0 bridgehead atoms. The molecule has 8 nitrogen and oxygen atoms in total. The first kappa shape index (κ1) is 16.1. The van der Waals surface area contributed by atoms with Crippen LogP contribution >= 0.6 is 15.9 Å². The molecule has 0 fully saturated rings. The van der Waals surface area contributed by atoms with Crippen molar-refractivity contribution in [2.24, 2.45) is 0 Å². The Balaban J connectivity index is 1.68. The van der Waals surface area contributed by atoms with Crippen molar-refractivity contribution < 1.29 is 8.60 Å². The van der Waals surface area contributed by atoms with Crippen LogP contribution in [0, 0.1) is 5.82 Å². The van der Waals surface area contributed by atoms with Gasteiger partial charge in [0.15, 0.2) is 5.65 Å². The first-order valence-electron chi connectivity index (χ1n) is 7.14. The van der Waals surface area contributed by atoms with Gasteiger partial charge in [-0.15, -0.1) is 0 Å². The molecule has 0 radical (unpaired) electrons. The Kier molecular flexibility index (Phi) is 3.96. The van der Waals surface area contributed by atoms with Crippen molar-refractivity contribution in [1.82, 2.24) is 29.5 Å². The lowest BCUT2D eigenvalue weighted by Gasteiger charge is -2.07. The lowest BCUT2D eigenvalue weighted by Crippen LogP contribution is -2.12. The predicted octanol–water partition coefficient (Wildman–Crippen LogP) is 2.25. The Morgan fingerprint density at radius 3 is 3.00 bits per heavy atom. The summed E-state index contributed by atoms with van der Waals surface area (Å²) >= 11 is 3.36. The van der Waals surface area contributed by atoms with Crippen molar-refractivity contribution in [3.05, 3.63) is 40.5 Å². The third-order valence-corrected chi connectivity index (χ3v) is 4.72. The van der Waals surface area contributed by atoms with Crippen LogP contribution in [0.5, 0.6) is 0 Å². The van der Waals surface area contributed by atoms with Crippen LogP contribution in [0.4, 0.5) is 10.3 Å². The molecule has 0 aliphatic rings. The molecule has 4 aromatic rings. The molecule has 0 aliphatic heterocycles. The van der Waals surface area contributed by atoms with Gasteiger partial charge in [-0.05, 0) is 34.1 Å². The normalized spacial score (nSPS) is 12.8. The molecule has 0 amide bonds. The van der Waals surface area contributed by atoms with Gasteiger partial charge in [-0.3, -0.25) is 4.21 Å². The van der Waals surface area contributed by atoms with E-state index in [0.717, 1.165) is 0 Å². The highest BCUT2D eigenvalue weighted by molar-refractivity contribution is 9.10. The maximum atomic E-state index is 13.3. The molecule has 2 N–H and O–H groups in total. The van der Waals surface area contributed by atoms with E-state index in [1.165, 1.54) is 22.9 Å². The highest BCUT2D eigenvalue weighted by atomic mass is 79.9. The Morgan fingerprint density at radius 2 is 2.20 bits per heavy atom. The Morgan fingerprint density at radius 1 is 1.36 bits per heavy atom. The summed E-state index contributed by atoms with van der Waals surface area (Å²) < 4.78 is 27.2. The molecule has 1 aromatic carbocycles. The zero-order valence-corrected chi connectivity index (χ0v) is 15.2. The summed E-state index contributed by atoms with van der Waals surface area (Å²) in [4.78, 5) is 15.9. The van der Waals surface area contributed by atoms with Gasteiger partial charge >= 0.3 is 0 Å². The predicted molar refractivity (Wildman–Crippen MR) is 94.2 cm³/mol. The van der Waals surface area contributed by atoms with E-state index in [4.69, 9.17) is 0 Å². The number of H-pyrrole nitrogens is 1. The lowest BCUT2D eigenvalue weighted by molar-refractivity contribution is 0.629. The van der Waals surface area contributed by atoms with Crippen LogP contribution in [-0.2, 0) is 17.3 Å². The smallest absolute Gasteiger partial charge is 0.228 e. The summed E-state index contributed by atoms with van der Waals surface area (Å²) in [6.07, 6.45) is 3.09. The van der Waals surface area contributed by atoms with E-state index >= 15 is 0 Å². The highest BCUT2D eigenvalue weighted by Gasteiger charge is 2.14. The number of anilines is 1. The molecule has 1 atom stereocenters. The fourth-order valence-electron chi connectivity index (χ4n) is 2.36. The molecule has 0 saturated carbocycles. The zero-order chi connectivity index (χ0) is 17.6. The fourth-order valence-corrected chi connectivity index (χ4v) is 3.13. The molecule has 4 rings (SSSR count). The van der Waals surface area contributed by atoms with Gasteiger partial charge in [-0.1, -0.05) is 0 Å². The van der Waals surface area contributed by atoms with E-state index < -0.39 is 10.8 Å². The molecule has 11 heteroatoms. The number of nitrogens with zero attached hydrogens (tertiary/aromatic N) is 5. The maximum Gasteiger partial charge on any atom is 0.228 e. The van der Waals surface area contributed by atoms with Crippen molar-refractivity contribution in [3.8, 4) is 0 Å². The quantitative estimate of drug-likeness (QED) is 0.521. The number of benzene rings is 1. The minimum absolute atomic E-state index is 0.197. The van der Waals surface area contributed by atoms with Crippen LogP contribution in [0.1, 0.15) is 5.82 Å². The number of rotatable bonds is 4. The van der Waals surface area contributed by atoms with Crippen LogP contribution in [0.25, 0.3) is 16.7 Å². The van der Waals surface area contributed by atoms with Crippen molar-refractivity contribution in [2.45, 2.75) is 11.7 Å². The van der Waals surface area contributed by atoms with Crippen LogP contribution in [0.2, 0.25) is 0 Å². The van der Waals surface area contributed by atoms with Gasteiger partial charge in [0.25, 0.3) is 0 Å². The minimum atomic E-state index is -1.34. The van der Waals surface area contributed by atoms with E-state index in [1.807, 2.05) is 0 Å². The molecule has 0 spiro atoms. The van der Waals surface area contributed by atoms with Crippen molar-refractivity contribution >= 4 is 49.4 Å². The maximum absolute atomic E-state index is 13.3. The first-order valence-corrected chi connectivity index (χ1v) is 9.49. The number of aromatic nitrogens is 6.